The molecule has 3 heteroatoms. The van der Waals surface area contributed by atoms with Crippen molar-refractivity contribution in [3.8, 4) is 5.75 Å². The number of para-hydroxylation sites is 1. The highest BCUT2D eigenvalue weighted by Crippen LogP contribution is 2.18. The van der Waals surface area contributed by atoms with Crippen molar-refractivity contribution in [2.45, 2.75) is 13.3 Å². The zero-order valence-corrected chi connectivity index (χ0v) is 11.0. The Kier molecular flexibility index (Phi) is 4.78. The van der Waals surface area contributed by atoms with Crippen LogP contribution in [-0.4, -0.2) is 13.2 Å². The molecule has 19 heavy (non-hydrogen) atoms. The zero-order valence-electron chi connectivity index (χ0n) is 11.0. The van der Waals surface area contributed by atoms with Crippen molar-refractivity contribution in [2.24, 2.45) is 0 Å². The van der Waals surface area contributed by atoms with E-state index in [4.69, 9.17) is 4.74 Å². The Morgan fingerprint density at radius 3 is 2.74 bits per heavy atom. The molecule has 100 valence electrons. The van der Waals surface area contributed by atoms with Crippen molar-refractivity contribution in [1.82, 2.24) is 0 Å². The highest BCUT2D eigenvalue weighted by molar-refractivity contribution is 5.43. The molecular weight excluding hydrogens is 241 g/mol. The van der Waals surface area contributed by atoms with Crippen LogP contribution in [0.5, 0.6) is 5.75 Å². The molecule has 0 aliphatic rings. The normalized spacial score (nSPS) is 10.2. The van der Waals surface area contributed by atoms with E-state index in [1.165, 1.54) is 17.7 Å². The van der Waals surface area contributed by atoms with Gasteiger partial charge in [0.25, 0.3) is 0 Å². The average molecular weight is 259 g/mol. The van der Waals surface area contributed by atoms with E-state index in [2.05, 4.69) is 18.3 Å². The summed E-state index contributed by atoms with van der Waals surface area (Å²) in [6, 6.07) is 14.4. The van der Waals surface area contributed by atoms with Gasteiger partial charge in [-0.15, -0.1) is 0 Å². The fourth-order valence-corrected chi connectivity index (χ4v) is 1.89. The van der Waals surface area contributed by atoms with Gasteiger partial charge in [0.05, 0.1) is 0 Å². The van der Waals surface area contributed by atoms with Gasteiger partial charge in [-0.2, -0.15) is 0 Å². The molecule has 0 aromatic heterocycles. The van der Waals surface area contributed by atoms with Gasteiger partial charge >= 0.3 is 0 Å². The molecule has 0 aliphatic heterocycles. The number of halogens is 1. The van der Waals surface area contributed by atoms with E-state index in [0.717, 1.165) is 17.9 Å². The minimum absolute atomic E-state index is 0.234. The average Bonchev–Trinajstić information content (AvgIpc) is 2.44. The van der Waals surface area contributed by atoms with Gasteiger partial charge < -0.3 is 10.1 Å². The third kappa shape index (κ3) is 3.98. The third-order valence-corrected chi connectivity index (χ3v) is 2.87. The van der Waals surface area contributed by atoms with E-state index in [-0.39, 0.29) is 5.82 Å². The molecule has 0 heterocycles. The van der Waals surface area contributed by atoms with E-state index in [0.29, 0.717) is 13.2 Å². The van der Waals surface area contributed by atoms with Crippen LogP contribution >= 0.6 is 0 Å². The molecule has 0 amide bonds. The zero-order chi connectivity index (χ0) is 13.5. The van der Waals surface area contributed by atoms with E-state index >= 15 is 0 Å². The first-order valence-electron chi connectivity index (χ1n) is 6.49. The lowest BCUT2D eigenvalue weighted by molar-refractivity contribution is 0.329. The second-order valence-corrected chi connectivity index (χ2v) is 4.25. The molecule has 2 rings (SSSR count). The molecule has 0 saturated heterocycles. The van der Waals surface area contributed by atoms with Crippen LogP contribution in [0, 0.1) is 5.82 Å². The molecule has 0 bridgehead atoms. The van der Waals surface area contributed by atoms with Crippen LogP contribution in [0.2, 0.25) is 0 Å². The maximum atomic E-state index is 13.0. The van der Waals surface area contributed by atoms with Gasteiger partial charge in [-0.3, -0.25) is 0 Å². The Bertz CT molecular complexity index is 528. The number of anilines is 1. The SMILES string of the molecule is CCc1ccccc1OCCNc1cccc(F)c1. The standard InChI is InChI=1S/C16H18FNO/c1-2-13-6-3-4-9-16(13)19-11-10-18-15-8-5-7-14(17)12-15/h3-9,12,18H,2,10-11H2,1H3. The molecule has 2 aromatic carbocycles. The largest absolute Gasteiger partial charge is 0.491 e. The highest BCUT2D eigenvalue weighted by Gasteiger charge is 2.00. The van der Waals surface area contributed by atoms with Crippen molar-refractivity contribution in [3.63, 3.8) is 0 Å². The number of hydrogen-bond acceptors (Lipinski definition) is 2. The van der Waals surface area contributed by atoms with Crippen LogP contribution in [0.25, 0.3) is 0 Å². The van der Waals surface area contributed by atoms with Crippen LogP contribution in [0.1, 0.15) is 12.5 Å². The summed E-state index contributed by atoms with van der Waals surface area (Å²) in [6.07, 6.45) is 0.952. The van der Waals surface area contributed by atoms with Gasteiger partial charge in [0.2, 0.25) is 0 Å². The molecule has 0 atom stereocenters. The summed E-state index contributed by atoms with van der Waals surface area (Å²) in [5.74, 6) is 0.688. The Morgan fingerprint density at radius 2 is 1.95 bits per heavy atom. The molecule has 0 radical (unpaired) electrons. The topological polar surface area (TPSA) is 21.3 Å². The van der Waals surface area contributed by atoms with Gasteiger partial charge in [-0.25, -0.2) is 4.39 Å². The lowest BCUT2D eigenvalue weighted by Gasteiger charge is -2.11. The Morgan fingerprint density at radius 1 is 1.11 bits per heavy atom. The quantitative estimate of drug-likeness (QED) is 0.795. The molecule has 1 N–H and O–H groups in total. The smallest absolute Gasteiger partial charge is 0.125 e. The van der Waals surface area contributed by atoms with Gasteiger partial charge in [0, 0.05) is 12.2 Å². The van der Waals surface area contributed by atoms with Crippen LogP contribution in [0.4, 0.5) is 10.1 Å². The van der Waals surface area contributed by atoms with Crippen LogP contribution in [-0.2, 0) is 6.42 Å². The summed E-state index contributed by atoms with van der Waals surface area (Å²) < 4.78 is 18.7. The van der Waals surface area contributed by atoms with Crippen molar-refractivity contribution in [3.05, 3.63) is 59.9 Å². The van der Waals surface area contributed by atoms with Crippen molar-refractivity contribution in [2.75, 3.05) is 18.5 Å². The van der Waals surface area contributed by atoms with Crippen LogP contribution < -0.4 is 10.1 Å². The Labute approximate surface area is 113 Å². The number of rotatable bonds is 6. The fraction of sp³-hybridized carbons (Fsp3) is 0.250. The summed E-state index contributed by atoms with van der Waals surface area (Å²) in [5.41, 5.74) is 1.97. The lowest BCUT2D eigenvalue weighted by Crippen LogP contribution is -2.12. The maximum Gasteiger partial charge on any atom is 0.125 e. The van der Waals surface area contributed by atoms with Gasteiger partial charge in [0.1, 0.15) is 18.2 Å². The molecule has 2 nitrogen and oxygen atoms in total. The number of aryl methyl sites for hydroxylation is 1. The van der Waals surface area contributed by atoms with Crippen molar-refractivity contribution in [1.29, 1.82) is 0 Å². The van der Waals surface area contributed by atoms with Gasteiger partial charge in [-0.05, 0) is 36.2 Å². The fourth-order valence-electron chi connectivity index (χ4n) is 1.89. The second kappa shape index (κ2) is 6.78. The van der Waals surface area contributed by atoms with E-state index in [1.54, 1.807) is 6.07 Å². The Hall–Kier alpha value is -2.03. The number of nitrogens with one attached hydrogen (secondary N) is 1. The summed E-state index contributed by atoms with van der Waals surface area (Å²) >= 11 is 0. The predicted molar refractivity (Wildman–Crippen MR) is 76.2 cm³/mol. The number of benzene rings is 2. The first-order valence-corrected chi connectivity index (χ1v) is 6.49. The summed E-state index contributed by atoms with van der Waals surface area (Å²) in [4.78, 5) is 0. The van der Waals surface area contributed by atoms with Crippen molar-refractivity contribution >= 4 is 5.69 Å². The molecular formula is C16H18FNO. The van der Waals surface area contributed by atoms with Gasteiger partial charge in [0.15, 0.2) is 0 Å². The third-order valence-electron chi connectivity index (χ3n) is 2.87. The lowest BCUT2D eigenvalue weighted by atomic mass is 10.1. The maximum absolute atomic E-state index is 13.0. The monoisotopic (exact) mass is 259 g/mol. The first-order chi connectivity index (χ1) is 9.29. The number of hydrogen-bond donors (Lipinski definition) is 1. The molecule has 0 unspecified atom stereocenters. The predicted octanol–water partition coefficient (Wildman–Crippen LogP) is 3.88. The molecule has 0 aliphatic carbocycles. The minimum atomic E-state index is -0.234. The minimum Gasteiger partial charge on any atom is -0.491 e. The van der Waals surface area contributed by atoms with Crippen LogP contribution in [0.15, 0.2) is 48.5 Å². The van der Waals surface area contributed by atoms with E-state index < -0.39 is 0 Å². The summed E-state index contributed by atoms with van der Waals surface area (Å²) in [7, 11) is 0. The Balaban J connectivity index is 1.81. The molecule has 0 fully saturated rings. The molecule has 2 aromatic rings. The second-order valence-electron chi connectivity index (χ2n) is 4.25. The van der Waals surface area contributed by atoms with E-state index in [1.807, 2.05) is 24.3 Å². The summed E-state index contributed by atoms with van der Waals surface area (Å²) in [5, 5.41) is 3.13. The first kappa shape index (κ1) is 13.4. The number of ether oxygens (including phenoxy) is 1. The van der Waals surface area contributed by atoms with Crippen molar-refractivity contribution < 1.29 is 9.13 Å². The van der Waals surface area contributed by atoms with Crippen LogP contribution in [0.3, 0.4) is 0 Å². The van der Waals surface area contributed by atoms with Gasteiger partial charge in [-0.1, -0.05) is 31.2 Å². The van der Waals surface area contributed by atoms with E-state index in [9.17, 15) is 4.39 Å². The highest BCUT2D eigenvalue weighted by atomic mass is 19.1. The molecule has 0 spiro atoms. The summed E-state index contributed by atoms with van der Waals surface area (Å²) in [6.45, 7) is 3.29. The molecule has 0 saturated carbocycles.